The van der Waals surface area contributed by atoms with E-state index in [9.17, 15) is 26.4 Å². The van der Waals surface area contributed by atoms with Gasteiger partial charge in [0.15, 0.2) is 9.84 Å². The van der Waals surface area contributed by atoms with Crippen LogP contribution in [-0.4, -0.2) is 38.8 Å². The van der Waals surface area contributed by atoms with Gasteiger partial charge in [-0.05, 0) is 44.4 Å². The lowest BCUT2D eigenvalue weighted by molar-refractivity contribution is -0.274. The summed E-state index contributed by atoms with van der Waals surface area (Å²) in [5.41, 5.74) is 0.321. The summed E-state index contributed by atoms with van der Waals surface area (Å²) in [5.74, 6) is -0.942. The first-order valence-corrected chi connectivity index (χ1v) is 10.5. The van der Waals surface area contributed by atoms with Crippen molar-refractivity contribution in [1.29, 1.82) is 0 Å². The molecule has 0 aliphatic carbocycles. The van der Waals surface area contributed by atoms with Gasteiger partial charge >= 0.3 is 12.5 Å². The Balaban J connectivity index is 2.89. The first kappa shape index (κ1) is 24.1. The Hall–Kier alpha value is -1.97. The Morgan fingerprint density at radius 2 is 1.61 bits per heavy atom. The Morgan fingerprint density at radius 3 is 2.04 bits per heavy atom. The molecule has 1 aromatic rings. The van der Waals surface area contributed by atoms with Crippen molar-refractivity contribution in [3.8, 4) is 5.75 Å². The maximum Gasteiger partial charge on any atom is 0.573 e. The van der Waals surface area contributed by atoms with Gasteiger partial charge in [-0.2, -0.15) is 0 Å². The quantitative estimate of drug-likeness (QED) is 0.674. The van der Waals surface area contributed by atoms with E-state index in [2.05, 4.69) is 10.1 Å². The third kappa shape index (κ3) is 7.95. The fraction of sp³-hybridized carbons (Fsp3) is 0.611. The number of hydrogen-bond donors (Lipinski definition) is 1. The molecule has 0 bridgehead atoms. The predicted molar refractivity (Wildman–Crippen MR) is 98.7 cm³/mol. The van der Waals surface area contributed by atoms with Gasteiger partial charge in [-0.3, -0.25) is 0 Å². The molecule has 28 heavy (non-hydrogen) atoms. The van der Waals surface area contributed by atoms with Crippen LogP contribution in [0.2, 0.25) is 0 Å². The standard InChI is InChI=1S/C18H26F3NO5S/c1-11(2)16(22-17(23)26-12(3)4)10-28(24,25)13(5)14-6-8-15(9-7-14)27-18(19,20)21/h6-9,11-13,16H,10H2,1-5H3,(H,22,23)/t13?,16-/m1/s1. The summed E-state index contributed by atoms with van der Waals surface area (Å²) in [6.07, 6.45) is -5.87. The normalized spacial score (nSPS) is 14.6. The summed E-state index contributed by atoms with van der Waals surface area (Å²) in [5, 5.41) is 1.58. The predicted octanol–water partition coefficient (Wildman–Crippen LogP) is 4.22. The molecular formula is C18H26F3NO5S. The highest BCUT2D eigenvalue weighted by Gasteiger charge is 2.32. The van der Waals surface area contributed by atoms with Crippen LogP contribution < -0.4 is 10.1 Å². The number of amides is 1. The number of alkyl carbamates (subject to hydrolysis) is 1. The van der Waals surface area contributed by atoms with Crippen molar-refractivity contribution in [1.82, 2.24) is 5.32 Å². The molecule has 0 fully saturated rings. The van der Waals surface area contributed by atoms with Crippen LogP contribution in [0.1, 0.15) is 45.4 Å². The van der Waals surface area contributed by atoms with Crippen LogP contribution in [0.25, 0.3) is 0 Å². The van der Waals surface area contributed by atoms with Gasteiger partial charge in [-0.1, -0.05) is 26.0 Å². The van der Waals surface area contributed by atoms with Crippen LogP contribution in [0.3, 0.4) is 0 Å². The Morgan fingerprint density at radius 1 is 1.07 bits per heavy atom. The summed E-state index contributed by atoms with van der Waals surface area (Å²) in [7, 11) is -3.71. The van der Waals surface area contributed by atoms with Crippen molar-refractivity contribution in [2.75, 3.05) is 5.75 Å². The molecule has 0 saturated heterocycles. The van der Waals surface area contributed by atoms with Gasteiger partial charge in [0.2, 0.25) is 0 Å². The van der Waals surface area contributed by atoms with Crippen molar-refractivity contribution < 1.29 is 35.9 Å². The van der Waals surface area contributed by atoms with Crippen molar-refractivity contribution in [3.63, 3.8) is 0 Å². The molecule has 0 aliphatic heterocycles. The second-order valence-corrected chi connectivity index (χ2v) is 9.40. The summed E-state index contributed by atoms with van der Waals surface area (Å²) in [6, 6.07) is 3.99. The van der Waals surface area contributed by atoms with Gasteiger partial charge in [-0.15, -0.1) is 13.2 Å². The number of benzene rings is 1. The van der Waals surface area contributed by atoms with Gasteiger partial charge in [0.25, 0.3) is 0 Å². The van der Waals surface area contributed by atoms with Gasteiger partial charge in [0, 0.05) is 6.04 Å². The molecule has 0 aliphatic rings. The van der Waals surface area contributed by atoms with E-state index in [1.54, 1.807) is 27.7 Å². The minimum Gasteiger partial charge on any atom is -0.447 e. The highest BCUT2D eigenvalue weighted by Crippen LogP contribution is 2.28. The van der Waals surface area contributed by atoms with E-state index >= 15 is 0 Å². The van der Waals surface area contributed by atoms with E-state index in [1.807, 2.05) is 0 Å². The van der Waals surface area contributed by atoms with Gasteiger partial charge in [-0.25, -0.2) is 13.2 Å². The lowest BCUT2D eigenvalue weighted by Crippen LogP contribution is -2.44. The number of nitrogens with one attached hydrogen (secondary N) is 1. The monoisotopic (exact) mass is 425 g/mol. The van der Waals surface area contributed by atoms with Gasteiger partial charge in [0.1, 0.15) is 5.75 Å². The first-order valence-electron chi connectivity index (χ1n) is 8.75. The van der Waals surface area contributed by atoms with Crippen LogP contribution in [0.4, 0.5) is 18.0 Å². The number of hydrogen-bond acceptors (Lipinski definition) is 5. The number of ether oxygens (including phenoxy) is 2. The zero-order chi connectivity index (χ0) is 21.7. The maximum absolute atomic E-state index is 12.8. The van der Waals surface area contributed by atoms with Crippen molar-refractivity contribution in [2.24, 2.45) is 5.92 Å². The lowest BCUT2D eigenvalue weighted by Gasteiger charge is -2.24. The molecule has 0 spiro atoms. The zero-order valence-corrected chi connectivity index (χ0v) is 17.2. The summed E-state index contributed by atoms with van der Waals surface area (Å²) < 4.78 is 71.0. The van der Waals surface area contributed by atoms with Crippen LogP contribution in [0.5, 0.6) is 5.75 Å². The zero-order valence-electron chi connectivity index (χ0n) is 16.4. The number of alkyl halides is 3. The lowest BCUT2D eigenvalue weighted by atomic mass is 10.1. The fourth-order valence-corrected chi connectivity index (χ4v) is 4.17. The van der Waals surface area contributed by atoms with E-state index in [-0.39, 0.29) is 17.8 Å². The molecule has 0 radical (unpaired) electrons. The molecule has 6 nitrogen and oxygen atoms in total. The number of halogens is 3. The molecule has 1 N–H and O–H groups in total. The van der Waals surface area contributed by atoms with Crippen LogP contribution in [0.15, 0.2) is 24.3 Å². The smallest absolute Gasteiger partial charge is 0.447 e. The number of carbonyl (C=O) groups is 1. The van der Waals surface area contributed by atoms with E-state index in [1.165, 1.54) is 19.1 Å². The Kier molecular flexibility index (Phi) is 8.16. The molecule has 0 heterocycles. The third-order valence-corrected chi connectivity index (χ3v) is 6.16. The number of sulfone groups is 1. The van der Waals surface area contributed by atoms with Gasteiger partial charge in [0.05, 0.1) is 17.1 Å². The minimum absolute atomic E-state index is 0.177. The minimum atomic E-state index is -4.82. The maximum atomic E-state index is 12.8. The molecule has 0 aromatic heterocycles. The van der Waals surface area contributed by atoms with Gasteiger partial charge < -0.3 is 14.8 Å². The van der Waals surface area contributed by atoms with Crippen molar-refractivity contribution >= 4 is 15.9 Å². The van der Waals surface area contributed by atoms with Crippen LogP contribution in [-0.2, 0) is 14.6 Å². The van der Waals surface area contributed by atoms with E-state index in [4.69, 9.17) is 4.74 Å². The molecule has 1 unspecified atom stereocenters. The molecule has 1 amide bonds. The van der Waals surface area contributed by atoms with E-state index in [0.717, 1.165) is 12.1 Å². The summed E-state index contributed by atoms with van der Waals surface area (Å²) >= 11 is 0. The molecular weight excluding hydrogens is 399 g/mol. The highest BCUT2D eigenvalue weighted by molar-refractivity contribution is 7.91. The first-order chi connectivity index (χ1) is 12.7. The molecule has 1 aromatic carbocycles. The molecule has 0 saturated carbocycles. The average Bonchev–Trinajstić information content (AvgIpc) is 2.51. The second kappa shape index (κ2) is 9.49. The highest BCUT2D eigenvalue weighted by atomic mass is 32.2. The van der Waals surface area contributed by atoms with Crippen molar-refractivity contribution in [3.05, 3.63) is 29.8 Å². The Bertz CT molecular complexity index is 745. The molecule has 160 valence electrons. The van der Waals surface area contributed by atoms with Crippen molar-refractivity contribution in [2.45, 2.75) is 58.4 Å². The second-order valence-electron chi connectivity index (χ2n) is 7.04. The van der Waals surface area contributed by atoms with E-state index < -0.39 is 39.3 Å². The molecule has 2 atom stereocenters. The molecule has 10 heteroatoms. The largest absolute Gasteiger partial charge is 0.573 e. The third-order valence-electron chi connectivity index (χ3n) is 3.98. The average molecular weight is 425 g/mol. The topological polar surface area (TPSA) is 81.7 Å². The Labute approximate surface area is 163 Å². The number of carbonyl (C=O) groups excluding carboxylic acids is 1. The van der Waals surface area contributed by atoms with Crippen LogP contribution in [0, 0.1) is 5.92 Å². The molecule has 1 rings (SSSR count). The summed E-state index contributed by atoms with van der Waals surface area (Å²) in [4.78, 5) is 11.8. The SMILES string of the molecule is CC(C)OC(=O)N[C@H](CS(=O)(=O)C(C)c1ccc(OC(F)(F)F)cc1)C(C)C. The van der Waals surface area contributed by atoms with Crippen LogP contribution >= 0.6 is 0 Å². The number of rotatable bonds is 8. The summed E-state index contributed by atoms with van der Waals surface area (Å²) in [6.45, 7) is 8.33. The fourth-order valence-electron chi connectivity index (χ4n) is 2.34. The van der Waals surface area contributed by atoms with E-state index in [0.29, 0.717) is 5.56 Å².